The molecule has 1 saturated carbocycles. The van der Waals surface area contributed by atoms with E-state index >= 15 is 0 Å². The van der Waals surface area contributed by atoms with Gasteiger partial charge in [0.2, 0.25) is 0 Å². The van der Waals surface area contributed by atoms with E-state index in [1.807, 2.05) is 0 Å². The smallest absolute Gasteiger partial charge is 0.00338 e. The van der Waals surface area contributed by atoms with Crippen LogP contribution < -0.4 is 0 Å². The monoisotopic (exact) mass is 261 g/mol. The van der Waals surface area contributed by atoms with Gasteiger partial charge in [0, 0.05) is 11.9 Å². The van der Waals surface area contributed by atoms with Crippen LogP contribution in [-0.2, 0) is 0 Å². The molecule has 0 saturated heterocycles. The molecule has 0 heterocycles. The molecule has 0 aromatic heterocycles. The molecule has 0 aromatic rings. The van der Waals surface area contributed by atoms with Crippen molar-refractivity contribution in [3.05, 3.63) is 0 Å². The van der Waals surface area contributed by atoms with Crippen LogP contribution in [0.15, 0.2) is 0 Å². The number of halogens is 1. The molecule has 0 bridgehead atoms. The zero-order chi connectivity index (χ0) is 10.6. The minimum Gasteiger partial charge on any atom is -0.306 e. The molecule has 2 heteroatoms. The van der Waals surface area contributed by atoms with Crippen LogP contribution in [0.1, 0.15) is 33.1 Å². The largest absolute Gasteiger partial charge is 0.306 e. The van der Waals surface area contributed by atoms with Gasteiger partial charge in [0.15, 0.2) is 0 Å². The Bertz CT molecular complexity index is 160. The average molecular weight is 262 g/mol. The van der Waals surface area contributed by atoms with Crippen LogP contribution in [0.4, 0.5) is 0 Å². The van der Waals surface area contributed by atoms with Gasteiger partial charge in [0.1, 0.15) is 0 Å². The number of hydrogen-bond donors (Lipinski definition) is 0. The third-order valence-electron chi connectivity index (χ3n) is 3.43. The van der Waals surface area contributed by atoms with Crippen LogP contribution in [-0.4, -0.2) is 30.4 Å². The highest BCUT2D eigenvalue weighted by Crippen LogP contribution is 2.37. The van der Waals surface area contributed by atoms with Gasteiger partial charge in [-0.25, -0.2) is 0 Å². The summed E-state index contributed by atoms with van der Waals surface area (Å²) in [5.41, 5.74) is 0. The van der Waals surface area contributed by atoms with E-state index in [4.69, 9.17) is 0 Å². The summed E-state index contributed by atoms with van der Waals surface area (Å²) in [4.78, 5) is 2.51. The minimum atomic E-state index is 0.869. The first-order valence-corrected chi connectivity index (χ1v) is 7.00. The van der Waals surface area contributed by atoms with Crippen LogP contribution in [0.3, 0.4) is 0 Å². The Kier molecular flexibility index (Phi) is 5.47. The van der Waals surface area contributed by atoms with E-state index in [0.717, 1.165) is 23.1 Å². The van der Waals surface area contributed by atoms with Gasteiger partial charge in [0.05, 0.1) is 0 Å². The van der Waals surface area contributed by atoms with Crippen molar-refractivity contribution in [2.24, 2.45) is 17.8 Å². The molecule has 84 valence electrons. The predicted octanol–water partition coefficient (Wildman–Crippen LogP) is 3.39. The lowest BCUT2D eigenvalue weighted by atomic mass is 10.1. The lowest BCUT2D eigenvalue weighted by Crippen LogP contribution is -2.24. The van der Waals surface area contributed by atoms with Crippen molar-refractivity contribution in [2.45, 2.75) is 33.1 Å². The summed E-state index contributed by atoms with van der Waals surface area (Å²) >= 11 is 3.50. The summed E-state index contributed by atoms with van der Waals surface area (Å²) < 4.78 is 0. The zero-order valence-electron chi connectivity index (χ0n) is 9.80. The molecule has 1 nitrogen and oxygen atoms in total. The molecule has 0 spiro atoms. The molecule has 14 heavy (non-hydrogen) atoms. The Morgan fingerprint density at radius 3 is 2.57 bits per heavy atom. The molecule has 1 rings (SSSR count). The van der Waals surface area contributed by atoms with Crippen molar-refractivity contribution in [3.8, 4) is 0 Å². The highest BCUT2D eigenvalue weighted by Gasteiger charge is 2.32. The fourth-order valence-electron chi connectivity index (χ4n) is 1.92. The molecule has 3 atom stereocenters. The summed E-state index contributed by atoms with van der Waals surface area (Å²) in [7, 11) is 2.27. The molecule has 1 aliphatic carbocycles. The first-order chi connectivity index (χ1) is 6.63. The molecule has 1 aliphatic rings. The second kappa shape index (κ2) is 6.12. The summed E-state index contributed by atoms with van der Waals surface area (Å²) in [5.74, 6) is 2.87. The summed E-state index contributed by atoms with van der Waals surface area (Å²) in [6.45, 7) is 7.32. The van der Waals surface area contributed by atoms with Crippen molar-refractivity contribution in [1.82, 2.24) is 4.90 Å². The third-order valence-corrected chi connectivity index (χ3v) is 3.89. The fraction of sp³-hybridized carbons (Fsp3) is 1.00. The van der Waals surface area contributed by atoms with Crippen LogP contribution >= 0.6 is 15.9 Å². The van der Waals surface area contributed by atoms with Gasteiger partial charge in [-0.1, -0.05) is 29.8 Å². The van der Waals surface area contributed by atoms with E-state index < -0.39 is 0 Å². The van der Waals surface area contributed by atoms with E-state index in [9.17, 15) is 0 Å². The Morgan fingerprint density at radius 2 is 2.07 bits per heavy atom. The van der Waals surface area contributed by atoms with Crippen molar-refractivity contribution < 1.29 is 0 Å². The maximum absolute atomic E-state index is 3.50. The van der Waals surface area contributed by atoms with E-state index in [1.165, 1.54) is 32.4 Å². The highest BCUT2D eigenvalue weighted by molar-refractivity contribution is 9.09. The van der Waals surface area contributed by atoms with Gasteiger partial charge in [-0.15, -0.1) is 0 Å². The van der Waals surface area contributed by atoms with Gasteiger partial charge in [-0.3, -0.25) is 0 Å². The predicted molar refractivity (Wildman–Crippen MR) is 67.0 cm³/mol. The van der Waals surface area contributed by atoms with Crippen LogP contribution in [0.25, 0.3) is 0 Å². The lowest BCUT2D eigenvalue weighted by Gasteiger charge is -2.18. The van der Waals surface area contributed by atoms with Gasteiger partial charge in [0.25, 0.3) is 0 Å². The Balaban J connectivity index is 1.99. The van der Waals surface area contributed by atoms with Crippen LogP contribution in [0, 0.1) is 17.8 Å². The van der Waals surface area contributed by atoms with E-state index in [1.54, 1.807) is 0 Å². The van der Waals surface area contributed by atoms with Crippen molar-refractivity contribution in [2.75, 3.05) is 25.5 Å². The van der Waals surface area contributed by atoms with Gasteiger partial charge >= 0.3 is 0 Å². The molecule has 3 unspecified atom stereocenters. The number of nitrogens with zero attached hydrogens (tertiary/aromatic N) is 1. The van der Waals surface area contributed by atoms with Gasteiger partial charge in [-0.05, 0) is 50.6 Å². The molecule has 0 N–H and O–H groups in total. The van der Waals surface area contributed by atoms with E-state index in [2.05, 4.69) is 41.7 Å². The third kappa shape index (κ3) is 4.79. The Hall–Kier alpha value is 0.440. The molecule has 0 aliphatic heterocycles. The number of hydrogen-bond acceptors (Lipinski definition) is 1. The molecule has 0 radical (unpaired) electrons. The van der Waals surface area contributed by atoms with Crippen molar-refractivity contribution in [1.29, 1.82) is 0 Å². The van der Waals surface area contributed by atoms with Crippen molar-refractivity contribution in [3.63, 3.8) is 0 Å². The van der Waals surface area contributed by atoms with Gasteiger partial charge < -0.3 is 4.90 Å². The summed E-state index contributed by atoms with van der Waals surface area (Å²) in [5, 5.41) is 1.15. The summed E-state index contributed by atoms with van der Waals surface area (Å²) in [6.07, 6.45) is 4.12. The molecule has 0 aromatic carbocycles. The highest BCUT2D eigenvalue weighted by atomic mass is 79.9. The maximum atomic E-state index is 3.50. The fourth-order valence-corrected chi connectivity index (χ4v) is 2.70. The van der Waals surface area contributed by atoms with Crippen LogP contribution in [0.5, 0.6) is 0 Å². The maximum Gasteiger partial charge on any atom is 0.00338 e. The number of alkyl halides is 1. The normalized spacial score (nSPS) is 28.1. The van der Waals surface area contributed by atoms with Crippen LogP contribution in [0.2, 0.25) is 0 Å². The average Bonchev–Trinajstić information content (AvgIpc) is 2.79. The van der Waals surface area contributed by atoms with E-state index in [-0.39, 0.29) is 0 Å². The summed E-state index contributed by atoms with van der Waals surface area (Å²) in [6, 6.07) is 0. The van der Waals surface area contributed by atoms with Crippen molar-refractivity contribution >= 4 is 15.9 Å². The standard InChI is InChI=1S/C12H24BrN/c1-10(4-6-13)5-7-14(3)9-12-8-11(12)2/h10-12H,4-9H2,1-3H3. The number of rotatable bonds is 7. The Labute approximate surface area is 97.4 Å². The quantitative estimate of drug-likeness (QED) is 0.636. The second-order valence-electron chi connectivity index (χ2n) is 5.11. The topological polar surface area (TPSA) is 3.24 Å². The molecule has 1 fully saturated rings. The molecular weight excluding hydrogens is 238 g/mol. The van der Waals surface area contributed by atoms with Gasteiger partial charge in [-0.2, -0.15) is 0 Å². The first-order valence-electron chi connectivity index (χ1n) is 5.88. The molecular formula is C12H24BrN. The minimum absolute atomic E-state index is 0.869. The lowest BCUT2D eigenvalue weighted by molar-refractivity contribution is 0.289. The zero-order valence-corrected chi connectivity index (χ0v) is 11.4. The second-order valence-corrected chi connectivity index (χ2v) is 5.90. The Morgan fingerprint density at radius 1 is 1.43 bits per heavy atom. The SMILES string of the molecule is CC(CCBr)CCN(C)CC1CC1C. The first kappa shape index (κ1) is 12.5. The van der Waals surface area contributed by atoms with E-state index in [0.29, 0.717) is 0 Å². The molecule has 0 amide bonds.